The molecular formula is C20H20ClN3O2S. The Morgan fingerprint density at radius 3 is 2.85 bits per heavy atom. The molecule has 1 amide bonds. The Hall–Kier alpha value is -2.31. The molecule has 0 radical (unpaired) electrons. The molecule has 0 aliphatic rings. The molecule has 0 aliphatic carbocycles. The number of ketones is 1. The van der Waals surface area contributed by atoms with E-state index in [0.717, 1.165) is 15.2 Å². The number of pyridine rings is 1. The van der Waals surface area contributed by atoms with Gasteiger partial charge in [0.2, 0.25) is 0 Å². The molecule has 3 rings (SSSR count). The summed E-state index contributed by atoms with van der Waals surface area (Å²) in [7, 11) is 0. The highest BCUT2D eigenvalue weighted by Crippen LogP contribution is 2.27. The van der Waals surface area contributed by atoms with E-state index < -0.39 is 0 Å². The van der Waals surface area contributed by atoms with Crippen LogP contribution in [-0.4, -0.2) is 28.2 Å². The SMILES string of the molecule is CCC(=O)C[C@H](CNC(=O)c1ccccn1)Cc1nc2ccc(Cl)cc2s1. The number of hydrogen-bond donors (Lipinski definition) is 1. The van der Waals surface area contributed by atoms with Gasteiger partial charge in [-0.05, 0) is 36.2 Å². The summed E-state index contributed by atoms with van der Waals surface area (Å²) in [4.78, 5) is 32.9. The highest BCUT2D eigenvalue weighted by molar-refractivity contribution is 7.18. The second-order valence-corrected chi connectivity index (χ2v) is 7.86. The molecule has 140 valence electrons. The number of benzene rings is 1. The number of rotatable bonds is 8. The van der Waals surface area contributed by atoms with Gasteiger partial charge in [0, 0.05) is 37.0 Å². The molecule has 2 aromatic heterocycles. The summed E-state index contributed by atoms with van der Waals surface area (Å²) < 4.78 is 1.02. The summed E-state index contributed by atoms with van der Waals surface area (Å²) in [5, 5.41) is 4.51. The standard InChI is InChI=1S/C20H20ClN3O2S/c1-2-15(25)9-13(12-23-20(26)17-5-3-4-8-22-17)10-19-24-16-7-6-14(21)11-18(16)27-19/h3-8,11,13H,2,9-10,12H2,1H3,(H,23,26)/t13-/m0/s1. The lowest BCUT2D eigenvalue weighted by Gasteiger charge is -2.15. The van der Waals surface area contributed by atoms with Crippen LogP contribution in [0.5, 0.6) is 0 Å². The number of fused-ring (bicyclic) bond motifs is 1. The predicted octanol–water partition coefficient (Wildman–Crippen LogP) is 4.30. The lowest BCUT2D eigenvalue weighted by atomic mass is 9.98. The number of carbonyl (C=O) groups excluding carboxylic acids is 2. The molecule has 0 fully saturated rings. The molecular weight excluding hydrogens is 382 g/mol. The zero-order valence-electron chi connectivity index (χ0n) is 14.9. The largest absolute Gasteiger partial charge is 0.350 e. The molecule has 1 N–H and O–H groups in total. The lowest BCUT2D eigenvalue weighted by Crippen LogP contribution is -2.31. The number of carbonyl (C=O) groups is 2. The maximum Gasteiger partial charge on any atom is 0.269 e. The van der Waals surface area contributed by atoms with Crippen LogP contribution in [0.3, 0.4) is 0 Å². The topological polar surface area (TPSA) is 72.0 Å². The summed E-state index contributed by atoms with van der Waals surface area (Å²) in [6.45, 7) is 2.25. The van der Waals surface area contributed by atoms with Crippen molar-refractivity contribution in [1.82, 2.24) is 15.3 Å². The van der Waals surface area contributed by atoms with Crippen LogP contribution >= 0.6 is 22.9 Å². The Labute approximate surface area is 166 Å². The molecule has 1 aromatic carbocycles. The van der Waals surface area contributed by atoms with Crippen molar-refractivity contribution in [2.75, 3.05) is 6.54 Å². The zero-order valence-corrected chi connectivity index (χ0v) is 16.5. The molecule has 0 bridgehead atoms. The Bertz CT molecular complexity index is 943. The van der Waals surface area contributed by atoms with Crippen LogP contribution < -0.4 is 5.32 Å². The van der Waals surface area contributed by atoms with Gasteiger partial charge in [-0.25, -0.2) is 4.98 Å². The molecule has 7 heteroatoms. The molecule has 3 aromatic rings. The number of hydrogen-bond acceptors (Lipinski definition) is 5. The minimum Gasteiger partial charge on any atom is -0.350 e. The Morgan fingerprint density at radius 1 is 1.26 bits per heavy atom. The molecule has 0 aliphatic heterocycles. The predicted molar refractivity (Wildman–Crippen MR) is 108 cm³/mol. The van der Waals surface area contributed by atoms with Gasteiger partial charge < -0.3 is 5.32 Å². The molecule has 0 spiro atoms. The molecule has 2 heterocycles. The normalized spacial score (nSPS) is 12.1. The van der Waals surface area contributed by atoms with E-state index in [1.165, 1.54) is 0 Å². The van der Waals surface area contributed by atoms with Gasteiger partial charge in [0.1, 0.15) is 11.5 Å². The molecule has 0 unspecified atom stereocenters. The second-order valence-electron chi connectivity index (χ2n) is 6.31. The van der Waals surface area contributed by atoms with Crippen molar-refractivity contribution in [2.45, 2.75) is 26.2 Å². The first-order chi connectivity index (χ1) is 13.0. The monoisotopic (exact) mass is 401 g/mol. The first-order valence-electron chi connectivity index (χ1n) is 8.81. The molecule has 1 atom stereocenters. The number of nitrogens with one attached hydrogen (secondary N) is 1. The maximum atomic E-state index is 12.2. The smallest absolute Gasteiger partial charge is 0.269 e. The van der Waals surface area contributed by atoms with E-state index in [1.807, 2.05) is 25.1 Å². The fraction of sp³-hybridized carbons (Fsp3) is 0.300. The van der Waals surface area contributed by atoms with Gasteiger partial charge in [-0.2, -0.15) is 0 Å². The fourth-order valence-corrected chi connectivity index (χ4v) is 4.15. The van der Waals surface area contributed by atoms with Gasteiger partial charge in [-0.1, -0.05) is 24.6 Å². The lowest BCUT2D eigenvalue weighted by molar-refractivity contribution is -0.119. The highest BCUT2D eigenvalue weighted by Gasteiger charge is 2.18. The summed E-state index contributed by atoms with van der Waals surface area (Å²) >= 11 is 7.62. The van der Waals surface area contributed by atoms with E-state index in [1.54, 1.807) is 35.7 Å². The number of nitrogens with zero attached hydrogens (tertiary/aromatic N) is 2. The summed E-state index contributed by atoms with van der Waals surface area (Å²) in [5.41, 5.74) is 1.27. The Morgan fingerprint density at radius 2 is 2.11 bits per heavy atom. The number of Topliss-reactive ketones (excluding diaryl/α,β-unsaturated/α-hetero) is 1. The molecule has 0 saturated carbocycles. The van der Waals surface area contributed by atoms with Crippen molar-refractivity contribution in [3.63, 3.8) is 0 Å². The van der Waals surface area contributed by atoms with E-state index in [-0.39, 0.29) is 17.6 Å². The number of thiazole rings is 1. The van der Waals surface area contributed by atoms with Crippen LogP contribution in [-0.2, 0) is 11.2 Å². The minimum atomic E-state index is -0.236. The van der Waals surface area contributed by atoms with E-state index in [0.29, 0.717) is 36.5 Å². The second kappa shape index (κ2) is 9.06. The van der Waals surface area contributed by atoms with Gasteiger partial charge in [-0.3, -0.25) is 14.6 Å². The average molecular weight is 402 g/mol. The highest BCUT2D eigenvalue weighted by atomic mass is 35.5. The van der Waals surface area contributed by atoms with Crippen LogP contribution in [0.1, 0.15) is 35.3 Å². The van der Waals surface area contributed by atoms with Crippen molar-refractivity contribution in [2.24, 2.45) is 5.92 Å². The Kier molecular flexibility index (Phi) is 6.53. The van der Waals surface area contributed by atoms with Crippen molar-refractivity contribution < 1.29 is 9.59 Å². The van der Waals surface area contributed by atoms with E-state index in [9.17, 15) is 9.59 Å². The van der Waals surface area contributed by atoms with Crippen LogP contribution in [0.25, 0.3) is 10.2 Å². The van der Waals surface area contributed by atoms with Gasteiger partial charge in [0.05, 0.1) is 15.2 Å². The number of halogens is 1. The third-order valence-electron chi connectivity index (χ3n) is 4.22. The van der Waals surface area contributed by atoms with Gasteiger partial charge in [0.15, 0.2) is 0 Å². The van der Waals surface area contributed by atoms with Crippen molar-refractivity contribution in [3.8, 4) is 0 Å². The number of amides is 1. The van der Waals surface area contributed by atoms with Crippen LogP contribution in [0.2, 0.25) is 5.02 Å². The Balaban J connectivity index is 1.70. The van der Waals surface area contributed by atoms with E-state index >= 15 is 0 Å². The summed E-state index contributed by atoms with van der Waals surface area (Å²) in [5.74, 6) is -0.0713. The van der Waals surface area contributed by atoms with E-state index in [4.69, 9.17) is 11.6 Å². The van der Waals surface area contributed by atoms with Crippen molar-refractivity contribution >= 4 is 44.8 Å². The quantitative estimate of drug-likeness (QED) is 0.610. The fourth-order valence-electron chi connectivity index (χ4n) is 2.79. The zero-order chi connectivity index (χ0) is 19.2. The molecule has 27 heavy (non-hydrogen) atoms. The van der Waals surface area contributed by atoms with Crippen molar-refractivity contribution in [3.05, 3.63) is 58.3 Å². The minimum absolute atomic E-state index is 0.0128. The van der Waals surface area contributed by atoms with E-state index in [2.05, 4.69) is 15.3 Å². The third-order valence-corrected chi connectivity index (χ3v) is 5.49. The van der Waals surface area contributed by atoms with Gasteiger partial charge >= 0.3 is 0 Å². The third kappa shape index (κ3) is 5.34. The van der Waals surface area contributed by atoms with Crippen LogP contribution in [0.4, 0.5) is 0 Å². The number of aromatic nitrogens is 2. The van der Waals surface area contributed by atoms with Gasteiger partial charge in [0.25, 0.3) is 5.91 Å². The molecule has 5 nitrogen and oxygen atoms in total. The summed E-state index contributed by atoms with van der Waals surface area (Å²) in [6.07, 6.45) is 3.11. The maximum absolute atomic E-state index is 12.2. The average Bonchev–Trinajstić information content (AvgIpc) is 3.07. The van der Waals surface area contributed by atoms with Gasteiger partial charge in [-0.15, -0.1) is 11.3 Å². The molecule has 0 saturated heterocycles. The first-order valence-corrected chi connectivity index (χ1v) is 10.0. The van der Waals surface area contributed by atoms with Crippen LogP contribution in [0, 0.1) is 5.92 Å². The van der Waals surface area contributed by atoms with Crippen molar-refractivity contribution in [1.29, 1.82) is 0 Å². The first kappa shape index (κ1) is 19.5. The summed E-state index contributed by atoms with van der Waals surface area (Å²) in [6, 6.07) is 10.8. The van der Waals surface area contributed by atoms with Crippen LogP contribution in [0.15, 0.2) is 42.6 Å².